The number of aryl methyl sites for hydroxylation is 1. The number of benzene rings is 1. The van der Waals surface area contributed by atoms with Crippen LogP contribution in [0.5, 0.6) is 0 Å². The Bertz CT molecular complexity index is 561. The van der Waals surface area contributed by atoms with Crippen LogP contribution in [0.1, 0.15) is 21.6 Å². The second-order valence-electron chi connectivity index (χ2n) is 4.67. The predicted octanol–water partition coefficient (Wildman–Crippen LogP) is 1.12. The number of carbonyl (C=O) groups is 1. The van der Waals surface area contributed by atoms with Crippen LogP contribution in [0.2, 0.25) is 0 Å². The maximum absolute atomic E-state index is 12.3. The molecular formula is C15H18N2O2. The van der Waals surface area contributed by atoms with Crippen LogP contribution in [-0.4, -0.2) is 28.1 Å². The lowest BCUT2D eigenvalue weighted by Gasteiger charge is -2.08. The van der Waals surface area contributed by atoms with Crippen LogP contribution in [0.3, 0.4) is 0 Å². The molecule has 4 nitrogen and oxygen atoms in total. The summed E-state index contributed by atoms with van der Waals surface area (Å²) in [4.78, 5) is 12.3. The number of rotatable bonds is 5. The van der Waals surface area contributed by atoms with Crippen LogP contribution < -0.4 is 5.73 Å². The number of aliphatic hydroxyl groups is 1. The molecule has 0 fully saturated rings. The largest absolute Gasteiger partial charge is 0.395 e. The maximum atomic E-state index is 12.3. The van der Waals surface area contributed by atoms with Crippen molar-refractivity contribution in [3.05, 3.63) is 59.4 Å². The van der Waals surface area contributed by atoms with E-state index in [2.05, 4.69) is 0 Å². The van der Waals surface area contributed by atoms with Crippen molar-refractivity contribution in [2.45, 2.75) is 12.5 Å². The summed E-state index contributed by atoms with van der Waals surface area (Å²) in [7, 11) is 1.88. The Kier molecular flexibility index (Phi) is 4.14. The summed E-state index contributed by atoms with van der Waals surface area (Å²) in [5, 5.41) is 8.98. The normalized spacial score (nSPS) is 12.4. The summed E-state index contributed by atoms with van der Waals surface area (Å²) < 4.78 is 1.88. The highest BCUT2D eigenvalue weighted by atomic mass is 16.3. The number of nitrogens with zero attached hydrogens (tertiary/aromatic N) is 1. The van der Waals surface area contributed by atoms with Crippen molar-refractivity contribution in [1.29, 1.82) is 0 Å². The lowest BCUT2D eigenvalue weighted by molar-refractivity contribution is 0.103. The molecule has 2 rings (SSSR count). The molecular weight excluding hydrogens is 240 g/mol. The van der Waals surface area contributed by atoms with Gasteiger partial charge in [-0.25, -0.2) is 0 Å². The molecule has 3 N–H and O–H groups in total. The molecule has 0 radical (unpaired) electrons. The zero-order valence-electron chi connectivity index (χ0n) is 10.9. The average Bonchev–Trinajstić information content (AvgIpc) is 2.80. The topological polar surface area (TPSA) is 68.2 Å². The number of hydrogen-bond donors (Lipinski definition) is 2. The Morgan fingerprint density at radius 2 is 2.00 bits per heavy atom. The van der Waals surface area contributed by atoms with Crippen LogP contribution in [-0.2, 0) is 13.5 Å². The van der Waals surface area contributed by atoms with E-state index in [0.29, 0.717) is 17.5 Å². The summed E-state index contributed by atoms with van der Waals surface area (Å²) in [6.07, 6.45) is 2.35. The van der Waals surface area contributed by atoms with E-state index < -0.39 is 0 Å². The van der Waals surface area contributed by atoms with E-state index in [1.54, 1.807) is 18.3 Å². The Morgan fingerprint density at radius 1 is 1.32 bits per heavy atom. The summed E-state index contributed by atoms with van der Waals surface area (Å²) >= 11 is 0. The standard InChI is InChI=1S/C15H18N2O2/c1-17-9-12(7-14(17)8-13(16)10-18)15(19)11-5-3-2-4-6-11/h2-7,9,13,18H,8,10,16H2,1H3. The third kappa shape index (κ3) is 3.10. The van der Waals surface area contributed by atoms with Gasteiger partial charge in [0.25, 0.3) is 0 Å². The van der Waals surface area contributed by atoms with Gasteiger partial charge in [-0.05, 0) is 6.07 Å². The van der Waals surface area contributed by atoms with Crippen LogP contribution in [0.15, 0.2) is 42.6 Å². The highest BCUT2D eigenvalue weighted by molar-refractivity contribution is 6.09. The minimum Gasteiger partial charge on any atom is -0.395 e. The van der Waals surface area contributed by atoms with Gasteiger partial charge in [-0.15, -0.1) is 0 Å². The molecule has 0 spiro atoms. The molecule has 0 aliphatic heterocycles. The van der Waals surface area contributed by atoms with Crippen LogP contribution in [0, 0.1) is 0 Å². The molecule has 100 valence electrons. The second-order valence-corrected chi connectivity index (χ2v) is 4.67. The molecule has 19 heavy (non-hydrogen) atoms. The summed E-state index contributed by atoms with van der Waals surface area (Å²) in [5.74, 6) is 0.0000184. The van der Waals surface area contributed by atoms with Gasteiger partial charge in [-0.1, -0.05) is 30.3 Å². The Morgan fingerprint density at radius 3 is 2.63 bits per heavy atom. The molecule has 1 aromatic carbocycles. The van der Waals surface area contributed by atoms with Crippen molar-refractivity contribution < 1.29 is 9.90 Å². The first-order chi connectivity index (χ1) is 9.11. The minimum atomic E-state index is -0.298. The van der Waals surface area contributed by atoms with E-state index in [1.807, 2.05) is 35.9 Å². The van der Waals surface area contributed by atoms with E-state index in [9.17, 15) is 4.79 Å². The molecule has 2 aromatic rings. The zero-order valence-corrected chi connectivity index (χ0v) is 10.9. The maximum Gasteiger partial charge on any atom is 0.194 e. The zero-order chi connectivity index (χ0) is 13.8. The van der Waals surface area contributed by atoms with Crippen molar-refractivity contribution in [2.75, 3.05) is 6.61 Å². The van der Waals surface area contributed by atoms with E-state index in [0.717, 1.165) is 5.69 Å². The minimum absolute atomic E-state index is 0.0000184. The highest BCUT2D eigenvalue weighted by Crippen LogP contribution is 2.14. The smallest absolute Gasteiger partial charge is 0.194 e. The number of hydrogen-bond acceptors (Lipinski definition) is 3. The van der Waals surface area contributed by atoms with Gasteiger partial charge in [0.15, 0.2) is 5.78 Å². The number of aliphatic hydroxyl groups excluding tert-OH is 1. The summed E-state index contributed by atoms with van der Waals surface area (Å²) in [5.41, 5.74) is 7.99. The Hall–Kier alpha value is -1.91. The monoisotopic (exact) mass is 258 g/mol. The van der Waals surface area contributed by atoms with E-state index in [1.165, 1.54) is 0 Å². The highest BCUT2D eigenvalue weighted by Gasteiger charge is 2.14. The van der Waals surface area contributed by atoms with Gasteiger partial charge in [0.2, 0.25) is 0 Å². The molecule has 0 aliphatic carbocycles. The lowest BCUT2D eigenvalue weighted by atomic mass is 10.1. The van der Waals surface area contributed by atoms with Crippen molar-refractivity contribution in [1.82, 2.24) is 4.57 Å². The van der Waals surface area contributed by atoms with Gasteiger partial charge in [0, 0.05) is 42.5 Å². The van der Waals surface area contributed by atoms with Gasteiger partial charge in [-0.2, -0.15) is 0 Å². The van der Waals surface area contributed by atoms with Crippen LogP contribution >= 0.6 is 0 Å². The number of ketones is 1. The molecule has 0 saturated carbocycles. The lowest BCUT2D eigenvalue weighted by Crippen LogP contribution is -2.27. The van der Waals surface area contributed by atoms with Gasteiger partial charge in [0.05, 0.1) is 6.61 Å². The van der Waals surface area contributed by atoms with Crippen molar-refractivity contribution in [2.24, 2.45) is 12.8 Å². The van der Waals surface area contributed by atoms with E-state index in [4.69, 9.17) is 10.8 Å². The second kappa shape index (κ2) is 5.82. The molecule has 1 unspecified atom stereocenters. The fourth-order valence-electron chi connectivity index (χ4n) is 2.03. The molecule has 1 aromatic heterocycles. The molecule has 0 bridgehead atoms. The molecule has 1 atom stereocenters. The van der Waals surface area contributed by atoms with Gasteiger partial charge in [0.1, 0.15) is 0 Å². The third-order valence-electron chi connectivity index (χ3n) is 3.11. The van der Waals surface area contributed by atoms with Gasteiger partial charge >= 0.3 is 0 Å². The quantitative estimate of drug-likeness (QED) is 0.790. The molecule has 0 amide bonds. The molecule has 1 heterocycles. The fraction of sp³-hybridized carbons (Fsp3) is 0.267. The first-order valence-corrected chi connectivity index (χ1v) is 6.23. The Labute approximate surface area is 112 Å². The molecule has 0 aliphatic rings. The van der Waals surface area contributed by atoms with Crippen LogP contribution in [0.25, 0.3) is 0 Å². The predicted molar refractivity (Wildman–Crippen MR) is 74.1 cm³/mol. The van der Waals surface area contributed by atoms with Gasteiger partial charge < -0.3 is 15.4 Å². The Balaban J connectivity index is 2.23. The van der Waals surface area contributed by atoms with Crippen molar-refractivity contribution in [3.63, 3.8) is 0 Å². The van der Waals surface area contributed by atoms with E-state index in [-0.39, 0.29) is 18.4 Å². The van der Waals surface area contributed by atoms with Crippen molar-refractivity contribution in [3.8, 4) is 0 Å². The first-order valence-electron chi connectivity index (χ1n) is 6.23. The SMILES string of the molecule is Cn1cc(C(=O)c2ccccc2)cc1CC(N)CO. The van der Waals surface area contributed by atoms with Crippen LogP contribution in [0.4, 0.5) is 0 Å². The fourth-order valence-corrected chi connectivity index (χ4v) is 2.03. The van der Waals surface area contributed by atoms with Crippen molar-refractivity contribution >= 4 is 5.78 Å². The third-order valence-corrected chi connectivity index (χ3v) is 3.11. The molecule has 4 heteroatoms. The number of carbonyl (C=O) groups excluding carboxylic acids is 1. The number of aromatic nitrogens is 1. The van der Waals surface area contributed by atoms with Gasteiger partial charge in [-0.3, -0.25) is 4.79 Å². The first kappa shape index (κ1) is 13.5. The average molecular weight is 258 g/mol. The summed E-state index contributed by atoms with van der Waals surface area (Å²) in [6, 6.07) is 10.7. The molecule has 0 saturated heterocycles. The van der Waals surface area contributed by atoms with E-state index >= 15 is 0 Å². The number of nitrogens with two attached hydrogens (primary N) is 1. The summed E-state index contributed by atoms with van der Waals surface area (Å²) in [6.45, 7) is -0.0624.